The molecule has 8 nitrogen and oxygen atoms in total. The van der Waals surface area contributed by atoms with Gasteiger partial charge in [0.05, 0.1) is 36.9 Å². The molecule has 3 aliphatic heterocycles. The van der Waals surface area contributed by atoms with Crippen LogP contribution in [0.15, 0.2) is 47.6 Å². The second-order valence-electron chi connectivity index (χ2n) is 11.4. The number of esters is 2. The van der Waals surface area contributed by atoms with Gasteiger partial charge < -0.3 is 28.8 Å². The molecular formula is C29H38O8. The van der Waals surface area contributed by atoms with Crippen molar-refractivity contribution in [2.75, 3.05) is 19.8 Å². The molecule has 37 heavy (non-hydrogen) atoms. The zero-order chi connectivity index (χ0) is 26.4. The lowest BCUT2D eigenvalue weighted by molar-refractivity contribution is -0.232. The Kier molecular flexibility index (Phi) is 6.98. The van der Waals surface area contributed by atoms with Crippen molar-refractivity contribution in [2.45, 2.75) is 89.5 Å². The van der Waals surface area contributed by atoms with Crippen LogP contribution in [0.5, 0.6) is 0 Å². The molecule has 1 N–H and O–H groups in total. The van der Waals surface area contributed by atoms with Crippen molar-refractivity contribution in [3.05, 3.63) is 47.6 Å². The van der Waals surface area contributed by atoms with Gasteiger partial charge in [0.15, 0.2) is 0 Å². The van der Waals surface area contributed by atoms with Crippen LogP contribution in [-0.4, -0.2) is 73.0 Å². The van der Waals surface area contributed by atoms with E-state index in [-0.39, 0.29) is 18.8 Å². The van der Waals surface area contributed by atoms with Gasteiger partial charge in [-0.25, -0.2) is 9.59 Å². The molecule has 8 heteroatoms. The molecule has 5 rings (SSSR count). The maximum atomic E-state index is 12.9. The molecule has 2 aliphatic carbocycles. The van der Waals surface area contributed by atoms with E-state index in [2.05, 4.69) is 19.9 Å². The third-order valence-electron chi connectivity index (χ3n) is 9.24. The number of aliphatic hydroxyl groups excluding tert-OH is 1. The number of allylic oxidation sites excluding steroid dienone is 3. The highest BCUT2D eigenvalue weighted by atomic mass is 16.6. The highest BCUT2D eigenvalue weighted by Crippen LogP contribution is 2.72. The zero-order valence-corrected chi connectivity index (χ0v) is 22.1. The maximum absolute atomic E-state index is 12.9. The molecule has 5 aliphatic rings. The highest BCUT2D eigenvalue weighted by Gasteiger charge is 2.83. The van der Waals surface area contributed by atoms with E-state index in [1.807, 2.05) is 6.92 Å². The van der Waals surface area contributed by atoms with Gasteiger partial charge in [0, 0.05) is 24.0 Å². The minimum Gasteiger partial charge on any atom is -0.462 e. The molecule has 3 heterocycles. The average Bonchev–Trinajstić information content (AvgIpc) is 3.61. The summed E-state index contributed by atoms with van der Waals surface area (Å²) in [6.45, 7) is 8.73. The molecule has 2 unspecified atom stereocenters. The van der Waals surface area contributed by atoms with Crippen molar-refractivity contribution in [3.8, 4) is 0 Å². The van der Waals surface area contributed by atoms with Crippen LogP contribution in [-0.2, 0) is 33.3 Å². The van der Waals surface area contributed by atoms with Crippen molar-refractivity contribution in [2.24, 2.45) is 10.8 Å². The Morgan fingerprint density at radius 1 is 1.05 bits per heavy atom. The van der Waals surface area contributed by atoms with E-state index in [0.717, 1.165) is 18.4 Å². The Morgan fingerprint density at radius 3 is 2.57 bits per heavy atom. The number of ether oxygens (including phenoxy) is 5. The van der Waals surface area contributed by atoms with Crippen LogP contribution in [0.25, 0.3) is 0 Å². The van der Waals surface area contributed by atoms with E-state index in [1.54, 1.807) is 25.2 Å². The van der Waals surface area contributed by atoms with Crippen LogP contribution >= 0.6 is 0 Å². The van der Waals surface area contributed by atoms with E-state index in [1.165, 1.54) is 17.7 Å². The van der Waals surface area contributed by atoms with E-state index in [0.29, 0.717) is 26.1 Å². The number of hydrogen-bond donors (Lipinski definition) is 1. The standard InChI is InChI=1S/C29H38O8/c1-18-9-11-28-16-34-26(32)14-19(2)10-12-33-21(20(3)30)7-5-6-8-25(31)37-22-15-24(36-23(28)13-18)29(17-35-29)27(22,28)4/h5-8,13-14,20-24,30H,9-12,15-17H2,1-4H3/b7-5-,8-6-,19-14-/t20?,21?,22-,23-,24-,27-,28-,29+/m1/s1. The smallest absolute Gasteiger partial charge is 0.331 e. The SMILES string of the molecule is CC1=C[C@H]2O[C@@H]3C[C@H]4OC(=O)/C=C\C=C/C(C(C)O)OCC/C(C)=C\C(=O)OC[C@@]2(CC1)[C@]4(C)[C@]31CO1. The first-order valence-electron chi connectivity index (χ1n) is 13.3. The fraction of sp³-hybridized carbons (Fsp3) is 0.655. The fourth-order valence-corrected chi connectivity index (χ4v) is 6.85. The van der Waals surface area contributed by atoms with Crippen LogP contribution in [0.2, 0.25) is 0 Å². The molecule has 0 aromatic carbocycles. The van der Waals surface area contributed by atoms with Gasteiger partial charge in [-0.1, -0.05) is 42.4 Å². The number of aliphatic hydroxyl groups is 1. The van der Waals surface area contributed by atoms with Crippen molar-refractivity contribution in [3.63, 3.8) is 0 Å². The number of epoxide rings is 1. The number of carbonyl (C=O) groups excluding carboxylic acids is 2. The van der Waals surface area contributed by atoms with Gasteiger partial charge in [-0.15, -0.1) is 0 Å². The predicted octanol–water partition coefficient (Wildman–Crippen LogP) is 3.34. The van der Waals surface area contributed by atoms with Gasteiger partial charge in [-0.3, -0.25) is 0 Å². The average molecular weight is 515 g/mol. The lowest BCUT2D eigenvalue weighted by atomic mass is 9.51. The first-order valence-corrected chi connectivity index (χ1v) is 13.3. The van der Waals surface area contributed by atoms with Gasteiger partial charge in [-0.05, 0) is 40.0 Å². The summed E-state index contributed by atoms with van der Waals surface area (Å²) < 4.78 is 30.6. The minimum atomic E-state index is -0.735. The largest absolute Gasteiger partial charge is 0.462 e. The molecule has 2 bridgehead atoms. The Morgan fingerprint density at radius 2 is 1.84 bits per heavy atom. The molecular weight excluding hydrogens is 476 g/mol. The lowest BCUT2D eigenvalue weighted by Crippen LogP contribution is -2.66. The maximum Gasteiger partial charge on any atom is 0.331 e. The van der Waals surface area contributed by atoms with Gasteiger partial charge in [0.25, 0.3) is 0 Å². The van der Waals surface area contributed by atoms with Crippen LogP contribution < -0.4 is 0 Å². The number of rotatable bonds is 1. The van der Waals surface area contributed by atoms with Gasteiger partial charge >= 0.3 is 11.9 Å². The van der Waals surface area contributed by atoms with Crippen LogP contribution in [0.4, 0.5) is 0 Å². The van der Waals surface area contributed by atoms with Gasteiger partial charge in [0.2, 0.25) is 0 Å². The molecule has 0 radical (unpaired) electrons. The summed E-state index contributed by atoms with van der Waals surface area (Å²) in [5, 5.41) is 10.0. The second kappa shape index (κ2) is 9.80. The molecule has 0 amide bonds. The molecule has 2 saturated heterocycles. The summed E-state index contributed by atoms with van der Waals surface area (Å²) in [6, 6.07) is 0. The van der Waals surface area contributed by atoms with Crippen molar-refractivity contribution in [1.29, 1.82) is 0 Å². The van der Waals surface area contributed by atoms with E-state index >= 15 is 0 Å². The normalized spacial score (nSPS) is 46.2. The summed E-state index contributed by atoms with van der Waals surface area (Å²) in [7, 11) is 0. The lowest BCUT2D eigenvalue weighted by Gasteiger charge is -2.58. The number of carbonyl (C=O) groups is 2. The summed E-state index contributed by atoms with van der Waals surface area (Å²) in [5.41, 5.74) is 0.318. The summed E-state index contributed by atoms with van der Waals surface area (Å²) in [6.07, 6.45) is 10.5. The highest BCUT2D eigenvalue weighted by molar-refractivity contribution is 5.83. The molecule has 2 spiro atoms. The summed E-state index contributed by atoms with van der Waals surface area (Å²) in [5.74, 6) is -0.879. The van der Waals surface area contributed by atoms with Gasteiger partial charge in [-0.2, -0.15) is 0 Å². The number of cyclic esters (lactones) is 1. The first kappa shape index (κ1) is 26.4. The van der Waals surface area contributed by atoms with Crippen LogP contribution in [0, 0.1) is 10.8 Å². The van der Waals surface area contributed by atoms with Crippen molar-refractivity contribution >= 4 is 11.9 Å². The number of hydrogen-bond acceptors (Lipinski definition) is 8. The summed E-state index contributed by atoms with van der Waals surface area (Å²) >= 11 is 0. The minimum absolute atomic E-state index is 0.144. The molecule has 8 atom stereocenters. The Bertz CT molecular complexity index is 1050. The molecule has 1 saturated carbocycles. The van der Waals surface area contributed by atoms with Crippen molar-refractivity contribution in [1.82, 2.24) is 0 Å². The third kappa shape index (κ3) is 4.42. The Hall–Kier alpha value is -2.26. The van der Waals surface area contributed by atoms with Crippen molar-refractivity contribution < 1.29 is 38.4 Å². The Labute approximate surface area is 218 Å². The van der Waals surface area contributed by atoms with Gasteiger partial charge in [0.1, 0.15) is 24.4 Å². The van der Waals surface area contributed by atoms with E-state index in [9.17, 15) is 14.7 Å². The van der Waals surface area contributed by atoms with E-state index < -0.39 is 46.7 Å². The van der Waals surface area contributed by atoms with Crippen LogP contribution in [0.3, 0.4) is 0 Å². The van der Waals surface area contributed by atoms with E-state index in [4.69, 9.17) is 23.7 Å². The molecule has 202 valence electrons. The Balaban J connectivity index is 1.51. The topological polar surface area (TPSA) is 104 Å². The fourth-order valence-electron chi connectivity index (χ4n) is 6.85. The van der Waals surface area contributed by atoms with Crippen LogP contribution in [0.1, 0.15) is 53.4 Å². The zero-order valence-electron chi connectivity index (χ0n) is 22.1. The second-order valence-corrected chi connectivity index (χ2v) is 11.4. The molecule has 0 aromatic rings. The first-order chi connectivity index (χ1) is 17.6. The summed E-state index contributed by atoms with van der Waals surface area (Å²) in [4.78, 5) is 25.9. The quantitative estimate of drug-likeness (QED) is 0.323. The molecule has 3 fully saturated rings. The third-order valence-corrected chi connectivity index (χ3v) is 9.24. The predicted molar refractivity (Wildman–Crippen MR) is 134 cm³/mol. The molecule has 0 aromatic heterocycles. The monoisotopic (exact) mass is 514 g/mol.